The van der Waals surface area contributed by atoms with Gasteiger partial charge < -0.3 is 14.6 Å². The van der Waals surface area contributed by atoms with Crippen molar-refractivity contribution >= 4 is 27.3 Å². The summed E-state index contributed by atoms with van der Waals surface area (Å²) >= 11 is 1.82. The number of ether oxygens (including phenoxy) is 1. The summed E-state index contributed by atoms with van der Waals surface area (Å²) in [6.07, 6.45) is 5.95. The fourth-order valence-electron chi connectivity index (χ4n) is 4.71. The van der Waals surface area contributed by atoms with Crippen LogP contribution in [0, 0.1) is 0 Å². The minimum Gasteiger partial charge on any atom is -0.493 e. The lowest BCUT2D eigenvalue weighted by Gasteiger charge is -2.33. The zero-order chi connectivity index (χ0) is 21.7. The number of thiazole rings is 1. The molecule has 0 bridgehead atoms. The van der Waals surface area contributed by atoms with Crippen LogP contribution in [0.25, 0.3) is 27.3 Å². The molecule has 7 nitrogen and oxygen atoms in total. The molecule has 5 rings (SSSR count). The van der Waals surface area contributed by atoms with Gasteiger partial charge >= 0.3 is 0 Å². The topological polar surface area (TPSA) is 71.3 Å². The van der Waals surface area contributed by atoms with Gasteiger partial charge in [-0.3, -0.25) is 0 Å². The fraction of sp³-hybridized carbons (Fsp3) is 0.522. The smallest absolute Gasteiger partial charge is 0.197 e. The van der Waals surface area contributed by atoms with Crippen LogP contribution in [-0.2, 0) is 0 Å². The van der Waals surface area contributed by atoms with Gasteiger partial charge in [0.2, 0.25) is 0 Å². The summed E-state index contributed by atoms with van der Waals surface area (Å²) in [5.41, 5.74) is 5.24. The first-order chi connectivity index (χ1) is 15.0. The number of aromatic nitrogens is 5. The van der Waals surface area contributed by atoms with Crippen LogP contribution >= 0.6 is 11.3 Å². The highest BCUT2D eigenvalue weighted by Gasteiger charge is 2.27. The molecule has 1 N–H and O–H groups in total. The third-order valence-electron chi connectivity index (χ3n) is 6.44. The predicted molar refractivity (Wildman–Crippen MR) is 125 cm³/mol. The number of pyridine rings is 1. The summed E-state index contributed by atoms with van der Waals surface area (Å²) in [5.74, 6) is 1.63. The maximum atomic E-state index is 5.57. The first-order valence-corrected chi connectivity index (χ1v) is 11.9. The van der Waals surface area contributed by atoms with E-state index in [9.17, 15) is 0 Å². The fourth-order valence-corrected chi connectivity index (χ4v) is 5.87. The highest BCUT2D eigenvalue weighted by Crippen LogP contribution is 2.41. The van der Waals surface area contributed by atoms with E-state index in [0.717, 1.165) is 40.3 Å². The van der Waals surface area contributed by atoms with Gasteiger partial charge in [-0.2, -0.15) is 5.10 Å². The van der Waals surface area contributed by atoms with E-state index in [0.29, 0.717) is 23.6 Å². The van der Waals surface area contributed by atoms with E-state index in [2.05, 4.69) is 47.7 Å². The quantitative estimate of drug-likeness (QED) is 0.472. The molecule has 1 saturated heterocycles. The van der Waals surface area contributed by atoms with E-state index in [1.165, 1.54) is 23.4 Å². The highest BCUT2D eigenvalue weighted by atomic mass is 32.1. The van der Waals surface area contributed by atoms with Gasteiger partial charge in [-0.25, -0.2) is 14.5 Å². The van der Waals surface area contributed by atoms with Gasteiger partial charge in [0, 0.05) is 29.3 Å². The van der Waals surface area contributed by atoms with Crippen LogP contribution in [0.3, 0.4) is 0 Å². The number of nitrogens with one attached hydrogen (secondary N) is 1. The number of H-pyrrole nitrogens is 1. The van der Waals surface area contributed by atoms with Gasteiger partial charge in [0.25, 0.3) is 0 Å². The Morgan fingerprint density at radius 3 is 2.65 bits per heavy atom. The lowest BCUT2D eigenvalue weighted by Crippen LogP contribution is -2.37. The zero-order valence-corrected chi connectivity index (χ0v) is 19.7. The number of rotatable bonds is 5. The Kier molecular flexibility index (Phi) is 5.22. The molecule has 0 unspecified atom stereocenters. The minimum atomic E-state index is 0.346. The molecule has 0 spiro atoms. The predicted octanol–water partition coefficient (Wildman–Crippen LogP) is 5.05. The van der Waals surface area contributed by atoms with Crippen LogP contribution in [0.2, 0.25) is 0 Å². The van der Waals surface area contributed by atoms with Crippen LogP contribution < -0.4 is 4.74 Å². The van der Waals surface area contributed by atoms with Gasteiger partial charge in [0.15, 0.2) is 11.4 Å². The molecular weight excluding hydrogens is 408 g/mol. The molecule has 164 valence electrons. The molecular formula is C23H30N6OS. The van der Waals surface area contributed by atoms with Crippen molar-refractivity contribution in [2.45, 2.75) is 58.4 Å². The standard InChI is InChI=1S/C23H30N6OS/c1-13(2)18-19(16-10-17(30-5)21-24-12-25-29(21)11-16)26-23-20(18)27-22(31-23)15-6-8-28(9-7-15)14(3)4/h10-15,26H,6-9H2,1-5H3. The summed E-state index contributed by atoms with van der Waals surface area (Å²) in [4.78, 5) is 16.9. The Morgan fingerprint density at radius 1 is 1.19 bits per heavy atom. The van der Waals surface area contributed by atoms with Crippen LogP contribution in [0.1, 0.15) is 62.9 Å². The van der Waals surface area contributed by atoms with Crippen molar-refractivity contribution in [2.75, 3.05) is 20.2 Å². The molecule has 8 heteroatoms. The molecule has 0 radical (unpaired) electrons. The number of fused-ring (bicyclic) bond motifs is 2. The lowest BCUT2D eigenvalue weighted by molar-refractivity contribution is 0.172. The van der Waals surface area contributed by atoms with Crippen molar-refractivity contribution in [2.24, 2.45) is 0 Å². The summed E-state index contributed by atoms with van der Waals surface area (Å²) in [7, 11) is 1.67. The van der Waals surface area contributed by atoms with Crippen molar-refractivity contribution in [3.63, 3.8) is 0 Å². The van der Waals surface area contributed by atoms with E-state index < -0.39 is 0 Å². The molecule has 0 amide bonds. The maximum absolute atomic E-state index is 5.57. The molecule has 1 aliphatic rings. The zero-order valence-electron chi connectivity index (χ0n) is 18.8. The van der Waals surface area contributed by atoms with Gasteiger partial charge in [0.05, 0.1) is 17.8 Å². The van der Waals surface area contributed by atoms with Crippen molar-refractivity contribution in [1.29, 1.82) is 0 Å². The van der Waals surface area contributed by atoms with Gasteiger partial charge in [-0.1, -0.05) is 13.8 Å². The molecule has 4 aromatic heterocycles. The number of hydrogen-bond donors (Lipinski definition) is 1. The average molecular weight is 439 g/mol. The van der Waals surface area contributed by atoms with Crippen molar-refractivity contribution in [3.8, 4) is 17.0 Å². The van der Waals surface area contributed by atoms with Crippen LogP contribution in [0.4, 0.5) is 0 Å². The number of nitrogens with zero attached hydrogens (tertiary/aromatic N) is 5. The second-order valence-corrected chi connectivity index (χ2v) is 10.1. The normalized spacial score (nSPS) is 16.4. The second-order valence-electron chi connectivity index (χ2n) is 9.03. The average Bonchev–Trinajstić information content (AvgIpc) is 3.46. The molecule has 0 aliphatic carbocycles. The van der Waals surface area contributed by atoms with E-state index >= 15 is 0 Å². The van der Waals surface area contributed by atoms with Crippen LogP contribution in [0.5, 0.6) is 5.75 Å². The largest absolute Gasteiger partial charge is 0.493 e. The van der Waals surface area contributed by atoms with Crippen LogP contribution in [-0.4, -0.2) is 55.7 Å². The Labute approximate surface area is 186 Å². The highest BCUT2D eigenvalue weighted by molar-refractivity contribution is 7.18. The summed E-state index contributed by atoms with van der Waals surface area (Å²) in [5, 5.41) is 5.60. The number of methoxy groups -OCH3 is 1. The molecule has 31 heavy (non-hydrogen) atoms. The van der Waals surface area contributed by atoms with Crippen LogP contribution in [0.15, 0.2) is 18.6 Å². The molecule has 0 aromatic carbocycles. The monoisotopic (exact) mass is 438 g/mol. The van der Waals surface area contributed by atoms with Gasteiger partial charge in [-0.05, 0) is 51.8 Å². The number of piperidine rings is 1. The number of likely N-dealkylation sites (tertiary alicyclic amines) is 1. The second kappa shape index (κ2) is 7.91. The minimum absolute atomic E-state index is 0.346. The summed E-state index contributed by atoms with van der Waals surface area (Å²) in [6.45, 7) is 11.4. The Bertz CT molecular complexity index is 1210. The Hall–Kier alpha value is -2.45. The Balaban J connectivity index is 1.54. The number of hydrogen-bond acceptors (Lipinski definition) is 6. The maximum Gasteiger partial charge on any atom is 0.197 e. The first-order valence-electron chi connectivity index (χ1n) is 11.1. The SMILES string of the molecule is COc1cc(-c2[nH]c3sc(C4CCN(C(C)C)CC4)nc3c2C(C)C)cn2ncnc12. The molecule has 0 saturated carbocycles. The Morgan fingerprint density at radius 2 is 1.97 bits per heavy atom. The molecule has 5 heterocycles. The molecule has 1 fully saturated rings. The third-order valence-corrected chi connectivity index (χ3v) is 7.58. The van der Waals surface area contributed by atoms with Crippen molar-refractivity contribution in [1.82, 2.24) is 29.5 Å². The molecule has 1 aliphatic heterocycles. The van der Waals surface area contributed by atoms with Gasteiger partial charge in [-0.15, -0.1) is 11.3 Å². The van der Waals surface area contributed by atoms with E-state index in [-0.39, 0.29) is 0 Å². The lowest BCUT2D eigenvalue weighted by atomic mass is 9.96. The van der Waals surface area contributed by atoms with Gasteiger partial charge in [0.1, 0.15) is 16.7 Å². The summed E-state index contributed by atoms with van der Waals surface area (Å²) in [6, 6.07) is 2.66. The third kappa shape index (κ3) is 3.51. The van der Waals surface area contributed by atoms with Crippen molar-refractivity contribution in [3.05, 3.63) is 29.2 Å². The molecule has 4 aromatic rings. The van der Waals surface area contributed by atoms with E-state index in [1.807, 2.05) is 23.6 Å². The molecule has 0 atom stereocenters. The van der Waals surface area contributed by atoms with E-state index in [4.69, 9.17) is 9.72 Å². The van der Waals surface area contributed by atoms with E-state index in [1.54, 1.807) is 18.0 Å². The summed E-state index contributed by atoms with van der Waals surface area (Å²) < 4.78 is 7.35. The first kappa shape index (κ1) is 20.5. The number of aromatic amines is 1. The van der Waals surface area contributed by atoms with Crippen molar-refractivity contribution < 1.29 is 4.74 Å².